The van der Waals surface area contributed by atoms with Crippen LogP contribution in [0.5, 0.6) is 0 Å². The van der Waals surface area contributed by atoms with E-state index in [9.17, 15) is 23.1 Å². The van der Waals surface area contributed by atoms with Gasteiger partial charge in [0.2, 0.25) is 5.95 Å². The normalized spacial score (nSPS) is 14.9. The van der Waals surface area contributed by atoms with Crippen LogP contribution in [0.4, 0.5) is 30.6 Å². The molecule has 3 heterocycles. The van der Waals surface area contributed by atoms with Crippen molar-refractivity contribution in [1.82, 2.24) is 30.2 Å². The van der Waals surface area contributed by atoms with Crippen molar-refractivity contribution < 1.29 is 27.8 Å². The molecule has 1 amide bonds. The summed E-state index contributed by atoms with van der Waals surface area (Å²) in [5.41, 5.74) is -1.81. The SMILES string of the molecule is CC(C)(C)/C(O)=C/C(=N)NC(=O)c1ccc(C(F)(F)F)c(Nc2ncnc3cnc(NCCCN4CCOCC4)nc23)c1. The quantitative estimate of drug-likeness (QED) is 0.102. The van der Waals surface area contributed by atoms with Gasteiger partial charge in [0.15, 0.2) is 5.82 Å². The lowest BCUT2D eigenvalue weighted by Crippen LogP contribution is -2.37. The van der Waals surface area contributed by atoms with Crippen LogP contribution in [0.2, 0.25) is 0 Å². The molecule has 12 nitrogen and oxygen atoms in total. The van der Waals surface area contributed by atoms with Crippen LogP contribution in [0.15, 0.2) is 42.6 Å². The number of allylic oxidation sites excluding steroid dienone is 1. The van der Waals surface area contributed by atoms with E-state index in [1.54, 1.807) is 20.8 Å². The maximum Gasteiger partial charge on any atom is 0.418 e. The Morgan fingerprint density at radius 2 is 1.91 bits per heavy atom. The number of anilines is 3. The molecule has 0 spiro atoms. The molecule has 5 N–H and O–H groups in total. The highest BCUT2D eigenvalue weighted by atomic mass is 19.4. The second-order valence-electron chi connectivity index (χ2n) is 10.9. The number of aliphatic hydroxyl groups is 1. The average Bonchev–Trinajstić information content (AvgIpc) is 2.95. The van der Waals surface area contributed by atoms with Crippen LogP contribution in [0.25, 0.3) is 11.0 Å². The highest BCUT2D eigenvalue weighted by Crippen LogP contribution is 2.37. The number of nitrogens with one attached hydrogen (secondary N) is 4. The van der Waals surface area contributed by atoms with Gasteiger partial charge in [0.1, 0.15) is 29.0 Å². The molecule has 1 aliphatic heterocycles. The third kappa shape index (κ3) is 8.58. The standard InChI is InChI=1S/C28H34F3N9O3/c1-27(2,3)21(41)14-22(32)38-25(42)17-5-6-18(28(29,30)31)19(13-17)37-24-23-20(35-16-36-24)15-34-26(39-23)33-7-4-8-40-9-11-43-12-10-40/h5-6,13-16,41H,4,7-12H2,1-3H3,(H2,32,38,42)(H,33,34,39)(H,35,36,37)/b21-14-. The summed E-state index contributed by atoms with van der Waals surface area (Å²) in [5, 5.41) is 26.1. The maximum absolute atomic E-state index is 13.9. The van der Waals surface area contributed by atoms with E-state index in [0.717, 1.165) is 50.3 Å². The van der Waals surface area contributed by atoms with Crippen LogP contribution >= 0.6 is 0 Å². The monoisotopic (exact) mass is 601 g/mol. The van der Waals surface area contributed by atoms with Gasteiger partial charge >= 0.3 is 6.18 Å². The summed E-state index contributed by atoms with van der Waals surface area (Å²) in [7, 11) is 0. The summed E-state index contributed by atoms with van der Waals surface area (Å²) < 4.78 is 47.2. The molecule has 1 fully saturated rings. The van der Waals surface area contributed by atoms with Crippen molar-refractivity contribution >= 4 is 40.2 Å². The number of ether oxygens (including phenoxy) is 1. The van der Waals surface area contributed by atoms with Gasteiger partial charge in [0.25, 0.3) is 5.91 Å². The first-order chi connectivity index (χ1) is 20.3. The number of amidine groups is 1. The number of carbonyl (C=O) groups excluding carboxylic acids is 1. The number of nitrogens with zero attached hydrogens (tertiary/aromatic N) is 5. The van der Waals surface area contributed by atoms with Gasteiger partial charge in [-0.3, -0.25) is 15.1 Å². The number of hydrogen-bond acceptors (Lipinski definition) is 11. The number of alkyl halides is 3. The minimum atomic E-state index is -4.75. The van der Waals surface area contributed by atoms with Crippen LogP contribution in [-0.2, 0) is 10.9 Å². The van der Waals surface area contributed by atoms with Gasteiger partial charge in [-0.05, 0) is 31.2 Å². The smallest absolute Gasteiger partial charge is 0.418 e. The molecular weight excluding hydrogens is 567 g/mol. The minimum Gasteiger partial charge on any atom is -0.512 e. The average molecular weight is 602 g/mol. The Hall–Kier alpha value is -4.37. The molecule has 3 aromatic rings. The third-order valence-corrected chi connectivity index (χ3v) is 6.55. The Morgan fingerprint density at radius 3 is 2.60 bits per heavy atom. The number of benzene rings is 1. The van der Waals surface area contributed by atoms with E-state index in [1.165, 1.54) is 12.5 Å². The second-order valence-corrected chi connectivity index (χ2v) is 10.9. The van der Waals surface area contributed by atoms with Gasteiger partial charge < -0.3 is 25.8 Å². The highest BCUT2D eigenvalue weighted by molar-refractivity contribution is 6.09. The zero-order chi connectivity index (χ0) is 31.2. The van der Waals surface area contributed by atoms with Gasteiger partial charge in [-0.1, -0.05) is 20.8 Å². The first-order valence-electron chi connectivity index (χ1n) is 13.6. The molecule has 1 aromatic carbocycles. The number of amides is 1. The molecule has 1 aliphatic rings. The minimum absolute atomic E-state index is 0.0161. The number of aliphatic hydroxyl groups excluding tert-OH is 1. The van der Waals surface area contributed by atoms with E-state index in [0.29, 0.717) is 25.3 Å². The predicted molar refractivity (Wildman–Crippen MR) is 156 cm³/mol. The van der Waals surface area contributed by atoms with Crippen LogP contribution in [-0.4, -0.2) is 81.1 Å². The van der Waals surface area contributed by atoms with E-state index in [-0.39, 0.29) is 28.6 Å². The summed E-state index contributed by atoms with van der Waals surface area (Å²) in [6.45, 7) is 9.78. The number of aromatic nitrogens is 4. The fourth-order valence-corrected chi connectivity index (χ4v) is 4.11. The Labute approximate surface area is 246 Å². The number of fused-ring (bicyclic) bond motifs is 1. The van der Waals surface area contributed by atoms with E-state index < -0.39 is 34.6 Å². The Kier molecular flexibility index (Phi) is 9.76. The molecule has 15 heteroatoms. The zero-order valence-electron chi connectivity index (χ0n) is 24.0. The molecule has 2 aromatic heterocycles. The van der Waals surface area contributed by atoms with Crippen molar-refractivity contribution in [3.8, 4) is 0 Å². The number of rotatable bonds is 9. The number of carbonyl (C=O) groups is 1. The van der Waals surface area contributed by atoms with Gasteiger partial charge in [-0.2, -0.15) is 13.2 Å². The largest absolute Gasteiger partial charge is 0.512 e. The molecule has 0 saturated carbocycles. The topological polar surface area (TPSA) is 161 Å². The molecule has 0 atom stereocenters. The Morgan fingerprint density at radius 1 is 1.16 bits per heavy atom. The molecule has 43 heavy (non-hydrogen) atoms. The molecule has 4 rings (SSSR count). The van der Waals surface area contributed by atoms with Crippen molar-refractivity contribution in [2.45, 2.75) is 33.4 Å². The molecule has 1 saturated heterocycles. The Balaban J connectivity index is 1.54. The maximum atomic E-state index is 13.9. The van der Waals surface area contributed by atoms with Gasteiger partial charge in [0.05, 0.1) is 30.7 Å². The predicted octanol–water partition coefficient (Wildman–Crippen LogP) is 4.51. The first kappa shape index (κ1) is 31.6. The number of morpholine rings is 1. The summed E-state index contributed by atoms with van der Waals surface area (Å²) >= 11 is 0. The van der Waals surface area contributed by atoms with Crippen LogP contribution in [0.1, 0.15) is 43.1 Å². The van der Waals surface area contributed by atoms with Crippen molar-refractivity contribution in [2.75, 3.05) is 50.0 Å². The van der Waals surface area contributed by atoms with E-state index in [4.69, 9.17) is 10.1 Å². The zero-order valence-corrected chi connectivity index (χ0v) is 24.0. The third-order valence-electron chi connectivity index (χ3n) is 6.55. The molecule has 0 bridgehead atoms. The van der Waals surface area contributed by atoms with Crippen LogP contribution in [0, 0.1) is 10.8 Å². The first-order valence-corrected chi connectivity index (χ1v) is 13.6. The van der Waals surface area contributed by atoms with Crippen LogP contribution in [0.3, 0.4) is 0 Å². The van der Waals surface area contributed by atoms with Gasteiger partial charge in [-0.25, -0.2) is 19.9 Å². The molecule has 0 aliphatic carbocycles. The summed E-state index contributed by atoms with van der Waals surface area (Å²) in [4.78, 5) is 32.0. The lowest BCUT2D eigenvalue weighted by molar-refractivity contribution is -0.136. The van der Waals surface area contributed by atoms with Crippen molar-refractivity contribution in [1.29, 1.82) is 5.41 Å². The van der Waals surface area contributed by atoms with E-state index in [2.05, 4.69) is 40.8 Å². The summed E-state index contributed by atoms with van der Waals surface area (Å²) in [6, 6.07) is 2.78. The van der Waals surface area contributed by atoms with Gasteiger partial charge in [0, 0.05) is 36.7 Å². The molecular formula is C28H34F3N9O3. The van der Waals surface area contributed by atoms with Gasteiger partial charge in [-0.15, -0.1) is 0 Å². The fraction of sp³-hybridized carbons (Fsp3) is 0.429. The molecule has 0 unspecified atom stereocenters. The number of halogens is 3. The lowest BCUT2D eigenvalue weighted by atomic mass is 9.93. The molecule has 230 valence electrons. The fourth-order valence-electron chi connectivity index (χ4n) is 4.11. The lowest BCUT2D eigenvalue weighted by Gasteiger charge is -2.26. The highest BCUT2D eigenvalue weighted by Gasteiger charge is 2.34. The Bertz CT molecular complexity index is 1500. The summed E-state index contributed by atoms with van der Waals surface area (Å²) in [5.74, 6) is -1.15. The molecule has 0 radical (unpaired) electrons. The van der Waals surface area contributed by atoms with Crippen molar-refractivity contribution in [3.63, 3.8) is 0 Å². The van der Waals surface area contributed by atoms with Crippen molar-refractivity contribution in [3.05, 3.63) is 53.7 Å². The summed E-state index contributed by atoms with van der Waals surface area (Å²) in [6.07, 6.45) is -0.244. The van der Waals surface area contributed by atoms with Crippen molar-refractivity contribution in [2.24, 2.45) is 5.41 Å². The van der Waals surface area contributed by atoms with E-state index in [1.807, 2.05) is 0 Å². The number of hydrogen-bond donors (Lipinski definition) is 5. The van der Waals surface area contributed by atoms with E-state index >= 15 is 0 Å². The second kappa shape index (κ2) is 13.3. The van der Waals surface area contributed by atoms with Crippen LogP contribution < -0.4 is 16.0 Å².